The average Bonchev–Trinajstić information content (AvgIpc) is 2.59. The fourth-order valence-electron chi connectivity index (χ4n) is 2.68. The monoisotopic (exact) mass is 340 g/mol. The minimum Gasteiger partial charge on any atom is -0.340 e. The highest BCUT2D eigenvalue weighted by Crippen LogP contribution is 2.12. The molecule has 132 valence electrons. The Morgan fingerprint density at radius 3 is 2.36 bits per heavy atom. The first kappa shape index (κ1) is 18.9. The zero-order chi connectivity index (χ0) is 18.2. The summed E-state index contributed by atoms with van der Waals surface area (Å²) in [6.07, 6.45) is 1.73. The van der Waals surface area contributed by atoms with E-state index in [2.05, 4.69) is 6.58 Å². The standard InChI is InChI=1S/C21H25FN2O/c1-4-13-24(15-19-11-7-8-12-20(19)22)16-21(25)23(3)14-18-10-6-5-9-17(18)2/h4-12H,1,13-16H2,2-3H3. The predicted molar refractivity (Wildman–Crippen MR) is 99.5 cm³/mol. The summed E-state index contributed by atoms with van der Waals surface area (Å²) in [6, 6.07) is 14.7. The summed E-state index contributed by atoms with van der Waals surface area (Å²) in [5.74, 6) is -0.251. The number of rotatable bonds is 8. The lowest BCUT2D eigenvalue weighted by Crippen LogP contribution is -2.38. The minimum absolute atomic E-state index is 0.00134. The molecule has 2 aromatic rings. The molecule has 0 fully saturated rings. The third-order valence-electron chi connectivity index (χ3n) is 4.19. The third kappa shape index (κ3) is 5.54. The second kappa shape index (κ2) is 9.14. The number of likely N-dealkylation sites (N-methyl/N-ethyl adjacent to an activating group) is 1. The van der Waals surface area contributed by atoms with E-state index in [-0.39, 0.29) is 18.3 Å². The molecule has 2 rings (SSSR count). The molecule has 0 aliphatic heterocycles. The van der Waals surface area contributed by atoms with E-state index in [0.29, 0.717) is 25.2 Å². The molecule has 0 saturated carbocycles. The number of aryl methyl sites for hydroxylation is 1. The van der Waals surface area contributed by atoms with E-state index in [1.807, 2.05) is 36.1 Å². The molecule has 4 heteroatoms. The van der Waals surface area contributed by atoms with E-state index in [9.17, 15) is 9.18 Å². The molecule has 0 aliphatic carbocycles. The van der Waals surface area contributed by atoms with Gasteiger partial charge in [0.05, 0.1) is 6.54 Å². The first-order valence-electron chi connectivity index (χ1n) is 8.36. The zero-order valence-corrected chi connectivity index (χ0v) is 14.9. The average molecular weight is 340 g/mol. The number of amides is 1. The van der Waals surface area contributed by atoms with Crippen LogP contribution in [0.5, 0.6) is 0 Å². The van der Waals surface area contributed by atoms with Gasteiger partial charge in [-0.15, -0.1) is 6.58 Å². The first-order chi connectivity index (χ1) is 12.0. The van der Waals surface area contributed by atoms with Crippen LogP contribution in [0.1, 0.15) is 16.7 Å². The third-order valence-corrected chi connectivity index (χ3v) is 4.19. The van der Waals surface area contributed by atoms with E-state index in [1.165, 1.54) is 6.07 Å². The molecule has 1 amide bonds. The number of hydrogen-bond acceptors (Lipinski definition) is 2. The maximum Gasteiger partial charge on any atom is 0.236 e. The topological polar surface area (TPSA) is 23.6 Å². The summed E-state index contributed by atoms with van der Waals surface area (Å²) in [6.45, 7) is 7.46. The van der Waals surface area contributed by atoms with Crippen molar-refractivity contribution in [2.24, 2.45) is 0 Å². The van der Waals surface area contributed by atoms with Crippen LogP contribution < -0.4 is 0 Å². The van der Waals surface area contributed by atoms with E-state index in [0.717, 1.165) is 11.1 Å². The van der Waals surface area contributed by atoms with Gasteiger partial charge in [0.2, 0.25) is 5.91 Å². The molecule has 0 atom stereocenters. The molecule has 2 aromatic carbocycles. The molecule has 0 radical (unpaired) electrons. The number of benzene rings is 2. The van der Waals surface area contributed by atoms with Crippen molar-refractivity contribution in [3.8, 4) is 0 Å². The van der Waals surface area contributed by atoms with Crippen LogP contribution in [0.4, 0.5) is 4.39 Å². The highest BCUT2D eigenvalue weighted by molar-refractivity contribution is 5.78. The van der Waals surface area contributed by atoms with Crippen molar-refractivity contribution in [3.63, 3.8) is 0 Å². The SMILES string of the molecule is C=CCN(CC(=O)N(C)Cc1ccccc1C)Cc1ccccc1F. The van der Waals surface area contributed by atoms with Crippen LogP contribution >= 0.6 is 0 Å². The molecule has 0 heterocycles. The number of carbonyl (C=O) groups is 1. The maximum atomic E-state index is 13.9. The van der Waals surface area contributed by atoms with Crippen LogP contribution in [-0.2, 0) is 17.9 Å². The van der Waals surface area contributed by atoms with Gasteiger partial charge < -0.3 is 4.90 Å². The number of carbonyl (C=O) groups excluding carboxylic acids is 1. The zero-order valence-electron chi connectivity index (χ0n) is 14.9. The summed E-state index contributed by atoms with van der Waals surface area (Å²) in [7, 11) is 1.80. The Morgan fingerprint density at radius 1 is 1.08 bits per heavy atom. The van der Waals surface area contributed by atoms with Crippen molar-refractivity contribution in [1.29, 1.82) is 0 Å². The van der Waals surface area contributed by atoms with Gasteiger partial charge in [0.1, 0.15) is 5.82 Å². The van der Waals surface area contributed by atoms with Crippen molar-refractivity contribution in [3.05, 3.63) is 83.7 Å². The Morgan fingerprint density at radius 2 is 1.72 bits per heavy atom. The number of hydrogen-bond donors (Lipinski definition) is 0. The molecule has 0 bridgehead atoms. The molecular formula is C21H25FN2O. The van der Waals surface area contributed by atoms with Crippen LogP contribution in [0, 0.1) is 12.7 Å². The molecule has 25 heavy (non-hydrogen) atoms. The number of halogens is 1. The number of nitrogens with zero attached hydrogens (tertiary/aromatic N) is 2. The Balaban J connectivity index is 2.00. The van der Waals surface area contributed by atoms with Crippen LogP contribution in [0.3, 0.4) is 0 Å². The summed E-state index contributed by atoms with van der Waals surface area (Å²) < 4.78 is 13.9. The van der Waals surface area contributed by atoms with Gasteiger partial charge in [0.15, 0.2) is 0 Å². The van der Waals surface area contributed by atoms with Gasteiger partial charge in [0.25, 0.3) is 0 Å². The smallest absolute Gasteiger partial charge is 0.236 e. The van der Waals surface area contributed by atoms with Crippen molar-refractivity contribution in [1.82, 2.24) is 9.80 Å². The van der Waals surface area contributed by atoms with Gasteiger partial charge in [-0.1, -0.05) is 48.5 Å². The Hall–Kier alpha value is -2.46. The molecule has 0 aromatic heterocycles. The highest BCUT2D eigenvalue weighted by Gasteiger charge is 2.16. The van der Waals surface area contributed by atoms with E-state index in [1.54, 1.807) is 36.2 Å². The van der Waals surface area contributed by atoms with Crippen LogP contribution in [0.2, 0.25) is 0 Å². The molecule has 0 spiro atoms. The van der Waals surface area contributed by atoms with E-state index in [4.69, 9.17) is 0 Å². The first-order valence-corrected chi connectivity index (χ1v) is 8.36. The van der Waals surface area contributed by atoms with Crippen molar-refractivity contribution in [2.45, 2.75) is 20.0 Å². The van der Waals surface area contributed by atoms with Crippen molar-refractivity contribution < 1.29 is 9.18 Å². The van der Waals surface area contributed by atoms with Gasteiger partial charge in [0, 0.05) is 32.2 Å². The van der Waals surface area contributed by atoms with Crippen molar-refractivity contribution >= 4 is 5.91 Å². The second-order valence-corrected chi connectivity index (χ2v) is 6.23. The van der Waals surface area contributed by atoms with Crippen molar-refractivity contribution in [2.75, 3.05) is 20.1 Å². The molecule has 0 N–H and O–H groups in total. The summed E-state index contributed by atoms with van der Waals surface area (Å²) in [5.41, 5.74) is 2.87. The molecule has 0 unspecified atom stereocenters. The van der Waals surface area contributed by atoms with E-state index < -0.39 is 0 Å². The second-order valence-electron chi connectivity index (χ2n) is 6.23. The summed E-state index contributed by atoms with van der Waals surface area (Å²) in [5, 5.41) is 0. The van der Waals surface area contributed by atoms with Gasteiger partial charge >= 0.3 is 0 Å². The Kier molecular flexibility index (Phi) is 6.90. The lowest BCUT2D eigenvalue weighted by molar-refractivity contribution is -0.131. The maximum absolute atomic E-state index is 13.9. The Bertz CT molecular complexity index is 729. The normalized spacial score (nSPS) is 10.7. The van der Waals surface area contributed by atoms with Gasteiger partial charge in [-0.05, 0) is 24.1 Å². The molecule has 3 nitrogen and oxygen atoms in total. The largest absolute Gasteiger partial charge is 0.340 e. The Labute approximate surface area is 149 Å². The summed E-state index contributed by atoms with van der Waals surface area (Å²) >= 11 is 0. The van der Waals surface area contributed by atoms with Crippen LogP contribution in [0.15, 0.2) is 61.2 Å². The van der Waals surface area contributed by atoms with Gasteiger partial charge in [-0.3, -0.25) is 9.69 Å². The minimum atomic E-state index is -0.253. The highest BCUT2D eigenvalue weighted by atomic mass is 19.1. The quantitative estimate of drug-likeness (QED) is 0.683. The molecule has 0 aliphatic rings. The molecular weight excluding hydrogens is 315 g/mol. The van der Waals surface area contributed by atoms with Gasteiger partial charge in [-0.2, -0.15) is 0 Å². The van der Waals surface area contributed by atoms with Gasteiger partial charge in [-0.25, -0.2) is 4.39 Å². The summed E-state index contributed by atoms with van der Waals surface area (Å²) in [4.78, 5) is 16.2. The molecule has 0 saturated heterocycles. The lowest BCUT2D eigenvalue weighted by Gasteiger charge is -2.25. The predicted octanol–water partition coefficient (Wildman–Crippen LogP) is 3.78. The van der Waals surface area contributed by atoms with Crippen LogP contribution in [0.25, 0.3) is 0 Å². The lowest BCUT2D eigenvalue weighted by atomic mass is 10.1. The van der Waals surface area contributed by atoms with Crippen LogP contribution in [-0.4, -0.2) is 35.8 Å². The van der Waals surface area contributed by atoms with E-state index >= 15 is 0 Å². The fourth-order valence-corrected chi connectivity index (χ4v) is 2.68. The fraction of sp³-hybridized carbons (Fsp3) is 0.286.